The Morgan fingerprint density at radius 3 is 2.94 bits per heavy atom. The molecule has 1 aromatic rings. The molecule has 100 valence electrons. The number of hydrogen-bond donors (Lipinski definition) is 0. The molecule has 5 heteroatoms. The zero-order chi connectivity index (χ0) is 13.0. The third kappa shape index (κ3) is 2.94. The molecule has 1 saturated heterocycles. The largest absolute Gasteiger partial charge is 0.329 e. The highest BCUT2D eigenvalue weighted by molar-refractivity contribution is 8.07. The van der Waals surface area contributed by atoms with Crippen molar-refractivity contribution in [1.29, 1.82) is 0 Å². The molecule has 0 saturated carbocycles. The lowest BCUT2D eigenvalue weighted by molar-refractivity contribution is 0.0973. The Labute approximate surface area is 117 Å². The van der Waals surface area contributed by atoms with Crippen molar-refractivity contribution in [2.45, 2.75) is 43.7 Å². The van der Waals surface area contributed by atoms with E-state index in [2.05, 4.69) is 18.8 Å². The van der Waals surface area contributed by atoms with Gasteiger partial charge in [-0.1, -0.05) is 13.8 Å². The minimum Gasteiger partial charge on any atom is -0.329 e. The van der Waals surface area contributed by atoms with Crippen LogP contribution in [0.4, 0.5) is 0 Å². The van der Waals surface area contributed by atoms with E-state index in [0.717, 1.165) is 30.9 Å². The van der Waals surface area contributed by atoms with Gasteiger partial charge in [0.1, 0.15) is 0 Å². The minimum atomic E-state index is 0.0896. The Balaban J connectivity index is 2.16. The maximum Gasteiger partial charge on any atom is 0.212 e. The number of aryl methyl sites for hydroxylation is 1. The van der Waals surface area contributed by atoms with E-state index in [4.69, 9.17) is 0 Å². The Kier molecular flexibility index (Phi) is 5.18. The summed E-state index contributed by atoms with van der Waals surface area (Å²) in [6.45, 7) is 5.17. The van der Waals surface area contributed by atoms with Crippen molar-refractivity contribution in [1.82, 2.24) is 9.55 Å². The second kappa shape index (κ2) is 6.66. The van der Waals surface area contributed by atoms with Crippen molar-refractivity contribution >= 4 is 29.3 Å². The number of rotatable bonds is 5. The maximum atomic E-state index is 12.6. The van der Waals surface area contributed by atoms with Gasteiger partial charge in [0.25, 0.3) is 0 Å². The standard InChI is InChI=1S/C13H20N2OS2/c1-3-6-15-7-5-14-13(15)11(16)12-10(4-2)17-8-9-18-12/h5,7,10,12H,3-4,6,8-9H2,1-2H3. The van der Waals surface area contributed by atoms with Crippen LogP contribution in [0, 0.1) is 0 Å². The summed E-state index contributed by atoms with van der Waals surface area (Å²) in [6, 6.07) is 0. The molecule has 0 spiro atoms. The van der Waals surface area contributed by atoms with Gasteiger partial charge in [0.2, 0.25) is 5.78 Å². The molecule has 1 aliphatic heterocycles. The SMILES string of the molecule is CCCn1ccnc1C(=O)C1SCCSC1CC. The van der Waals surface area contributed by atoms with Crippen molar-refractivity contribution in [2.75, 3.05) is 11.5 Å². The predicted octanol–water partition coefficient (Wildman–Crippen LogP) is 3.10. The zero-order valence-corrected chi connectivity index (χ0v) is 12.6. The highest BCUT2D eigenvalue weighted by Crippen LogP contribution is 2.34. The van der Waals surface area contributed by atoms with Gasteiger partial charge in [-0.3, -0.25) is 4.79 Å². The van der Waals surface area contributed by atoms with Crippen LogP contribution in [0.25, 0.3) is 0 Å². The quantitative estimate of drug-likeness (QED) is 0.778. The Hall–Kier alpha value is -0.420. The van der Waals surface area contributed by atoms with E-state index < -0.39 is 0 Å². The molecule has 0 amide bonds. The lowest BCUT2D eigenvalue weighted by Crippen LogP contribution is -2.34. The summed E-state index contributed by atoms with van der Waals surface area (Å²) < 4.78 is 1.99. The zero-order valence-electron chi connectivity index (χ0n) is 11.0. The fourth-order valence-electron chi connectivity index (χ4n) is 2.23. The van der Waals surface area contributed by atoms with Gasteiger partial charge in [0.05, 0.1) is 5.25 Å². The van der Waals surface area contributed by atoms with Gasteiger partial charge in [-0.05, 0) is 12.8 Å². The number of nitrogens with zero attached hydrogens (tertiary/aromatic N) is 2. The van der Waals surface area contributed by atoms with E-state index in [9.17, 15) is 4.79 Å². The molecular formula is C13H20N2OS2. The van der Waals surface area contributed by atoms with Crippen LogP contribution >= 0.6 is 23.5 Å². The second-order valence-electron chi connectivity index (χ2n) is 4.42. The lowest BCUT2D eigenvalue weighted by Gasteiger charge is -2.28. The number of aromatic nitrogens is 2. The Morgan fingerprint density at radius 2 is 2.22 bits per heavy atom. The van der Waals surface area contributed by atoms with E-state index in [1.165, 1.54) is 0 Å². The number of carbonyl (C=O) groups excluding carboxylic acids is 1. The monoisotopic (exact) mass is 284 g/mol. The lowest BCUT2D eigenvalue weighted by atomic mass is 10.1. The number of Topliss-reactive ketones (excluding diaryl/α,β-unsaturated/α-hetero) is 1. The van der Waals surface area contributed by atoms with Crippen LogP contribution in [0.1, 0.15) is 37.3 Å². The van der Waals surface area contributed by atoms with E-state index in [1.807, 2.05) is 22.5 Å². The van der Waals surface area contributed by atoms with Crippen molar-refractivity contribution in [2.24, 2.45) is 0 Å². The molecule has 1 aliphatic rings. The number of carbonyl (C=O) groups is 1. The van der Waals surface area contributed by atoms with Crippen molar-refractivity contribution < 1.29 is 4.79 Å². The van der Waals surface area contributed by atoms with Crippen LogP contribution < -0.4 is 0 Å². The molecular weight excluding hydrogens is 264 g/mol. The smallest absolute Gasteiger partial charge is 0.212 e. The molecule has 0 aliphatic carbocycles. The molecule has 1 aromatic heterocycles. The van der Waals surface area contributed by atoms with E-state index in [0.29, 0.717) is 11.1 Å². The molecule has 0 radical (unpaired) electrons. The van der Waals surface area contributed by atoms with Crippen molar-refractivity contribution in [3.63, 3.8) is 0 Å². The first-order valence-electron chi connectivity index (χ1n) is 6.56. The highest BCUT2D eigenvalue weighted by atomic mass is 32.2. The van der Waals surface area contributed by atoms with Gasteiger partial charge in [0.15, 0.2) is 5.82 Å². The summed E-state index contributed by atoms with van der Waals surface area (Å²) in [5, 5.41) is 0.537. The van der Waals surface area contributed by atoms with Gasteiger partial charge in [-0.2, -0.15) is 11.8 Å². The molecule has 1 fully saturated rings. The van der Waals surface area contributed by atoms with Crippen molar-refractivity contribution in [3.8, 4) is 0 Å². The summed E-state index contributed by atoms with van der Waals surface area (Å²) >= 11 is 3.74. The third-order valence-corrected chi connectivity index (χ3v) is 6.36. The highest BCUT2D eigenvalue weighted by Gasteiger charge is 2.33. The van der Waals surface area contributed by atoms with Crippen molar-refractivity contribution in [3.05, 3.63) is 18.2 Å². The van der Waals surface area contributed by atoms with Gasteiger partial charge in [-0.15, -0.1) is 11.8 Å². The second-order valence-corrected chi connectivity index (χ2v) is 7.01. The molecule has 2 atom stereocenters. The molecule has 0 aromatic carbocycles. The average molecular weight is 284 g/mol. The number of ketones is 1. The summed E-state index contributed by atoms with van der Waals surface area (Å²) in [7, 11) is 0. The van der Waals surface area contributed by atoms with Gasteiger partial charge >= 0.3 is 0 Å². The predicted molar refractivity (Wildman–Crippen MR) is 79.6 cm³/mol. The summed E-state index contributed by atoms with van der Waals surface area (Å²) in [4.78, 5) is 16.9. The van der Waals surface area contributed by atoms with E-state index >= 15 is 0 Å². The minimum absolute atomic E-state index is 0.0896. The third-order valence-electron chi connectivity index (χ3n) is 3.11. The molecule has 2 unspecified atom stereocenters. The Bertz CT molecular complexity index is 405. The first kappa shape index (κ1) is 14.0. The normalized spacial score (nSPS) is 24.1. The summed E-state index contributed by atoms with van der Waals surface area (Å²) in [6.07, 6.45) is 5.74. The molecule has 18 heavy (non-hydrogen) atoms. The molecule has 2 rings (SSSR count). The van der Waals surface area contributed by atoms with E-state index in [-0.39, 0.29) is 11.0 Å². The van der Waals surface area contributed by atoms with Gasteiger partial charge in [-0.25, -0.2) is 4.98 Å². The van der Waals surface area contributed by atoms with Crippen LogP contribution in [0.5, 0.6) is 0 Å². The number of hydrogen-bond acceptors (Lipinski definition) is 4. The van der Waals surface area contributed by atoms with E-state index in [1.54, 1.807) is 18.0 Å². The summed E-state index contributed by atoms with van der Waals surface area (Å²) in [5.74, 6) is 3.11. The summed E-state index contributed by atoms with van der Waals surface area (Å²) in [5.41, 5.74) is 0. The molecule has 0 N–H and O–H groups in total. The molecule has 0 bridgehead atoms. The molecule has 2 heterocycles. The van der Waals surface area contributed by atoms with Crippen LogP contribution in [-0.2, 0) is 6.54 Å². The fourth-order valence-corrected chi connectivity index (χ4v) is 5.22. The van der Waals surface area contributed by atoms with Crippen LogP contribution in [0.15, 0.2) is 12.4 Å². The number of thioether (sulfide) groups is 2. The van der Waals surface area contributed by atoms with Crippen LogP contribution in [-0.4, -0.2) is 37.3 Å². The topological polar surface area (TPSA) is 34.9 Å². The first-order chi connectivity index (χ1) is 8.77. The van der Waals surface area contributed by atoms with Gasteiger partial charge in [0, 0.05) is 35.7 Å². The van der Waals surface area contributed by atoms with Crippen LogP contribution in [0.2, 0.25) is 0 Å². The first-order valence-corrected chi connectivity index (χ1v) is 8.66. The average Bonchev–Trinajstić information content (AvgIpc) is 2.86. The van der Waals surface area contributed by atoms with Gasteiger partial charge < -0.3 is 4.57 Å². The maximum absolute atomic E-state index is 12.6. The van der Waals surface area contributed by atoms with Crippen LogP contribution in [0.3, 0.4) is 0 Å². The fraction of sp³-hybridized carbons (Fsp3) is 0.692. The number of imidazole rings is 1. The Morgan fingerprint density at radius 1 is 1.44 bits per heavy atom. The molecule has 3 nitrogen and oxygen atoms in total.